The largest absolute Gasteiger partial charge is 0.495 e. The van der Waals surface area contributed by atoms with Crippen LogP contribution in [-0.2, 0) is 26.2 Å². The van der Waals surface area contributed by atoms with Gasteiger partial charge in [-0.25, -0.2) is 8.42 Å². The molecule has 0 aliphatic heterocycles. The summed E-state index contributed by atoms with van der Waals surface area (Å²) in [5, 5.41) is 3.08. The number of anilines is 1. The quantitative estimate of drug-likeness (QED) is 0.303. The Hall–Kier alpha value is -3.56. The third kappa shape index (κ3) is 8.01. The minimum absolute atomic E-state index is 0.0241. The molecule has 3 aromatic rings. The molecule has 0 saturated carbocycles. The molecule has 3 aromatic carbocycles. The van der Waals surface area contributed by atoms with Gasteiger partial charge in [-0.2, -0.15) is 0 Å². The number of sulfonamides is 1. The third-order valence-electron chi connectivity index (χ3n) is 6.76. The second-order valence-corrected chi connectivity index (χ2v) is 12.7. The average molecular weight is 600 g/mol. The molecule has 220 valence electrons. The van der Waals surface area contributed by atoms with Gasteiger partial charge in [0.1, 0.15) is 18.3 Å². The van der Waals surface area contributed by atoms with Crippen LogP contribution in [0.15, 0.2) is 71.6 Å². The molecule has 0 fully saturated rings. The molecule has 10 heteroatoms. The Morgan fingerprint density at radius 3 is 2.22 bits per heavy atom. The van der Waals surface area contributed by atoms with Crippen molar-refractivity contribution < 1.29 is 22.7 Å². The van der Waals surface area contributed by atoms with E-state index >= 15 is 0 Å². The van der Waals surface area contributed by atoms with E-state index in [0.717, 1.165) is 21.0 Å². The highest BCUT2D eigenvalue weighted by Crippen LogP contribution is 2.32. The topological polar surface area (TPSA) is 96.0 Å². The molecule has 0 aliphatic carbocycles. The third-order valence-corrected chi connectivity index (χ3v) is 8.85. The van der Waals surface area contributed by atoms with E-state index in [1.54, 1.807) is 25.1 Å². The van der Waals surface area contributed by atoms with Crippen LogP contribution >= 0.6 is 11.6 Å². The van der Waals surface area contributed by atoms with Gasteiger partial charge in [0.05, 0.1) is 22.7 Å². The normalized spacial score (nSPS) is 12.1. The van der Waals surface area contributed by atoms with Gasteiger partial charge in [-0.15, -0.1) is 0 Å². The van der Waals surface area contributed by atoms with E-state index in [1.807, 2.05) is 52.0 Å². The molecule has 1 atom stereocenters. The second kappa shape index (κ2) is 13.9. The van der Waals surface area contributed by atoms with Crippen LogP contribution in [-0.4, -0.2) is 51.4 Å². The molecule has 0 spiro atoms. The van der Waals surface area contributed by atoms with Crippen molar-refractivity contribution in [3.63, 3.8) is 0 Å². The Morgan fingerprint density at radius 2 is 1.63 bits per heavy atom. The van der Waals surface area contributed by atoms with Crippen molar-refractivity contribution in [1.82, 2.24) is 10.2 Å². The number of hydrogen-bond acceptors (Lipinski definition) is 5. The molecule has 0 heterocycles. The Labute approximate surface area is 248 Å². The first kappa shape index (κ1) is 32.0. The van der Waals surface area contributed by atoms with Crippen LogP contribution < -0.4 is 14.4 Å². The molecule has 0 aliphatic rings. The van der Waals surface area contributed by atoms with Crippen molar-refractivity contribution in [2.75, 3.05) is 24.5 Å². The number of nitrogens with one attached hydrogen (secondary N) is 1. The second-order valence-electron chi connectivity index (χ2n) is 10.4. The van der Waals surface area contributed by atoms with E-state index in [1.165, 1.54) is 36.3 Å². The number of carbonyl (C=O) groups is 2. The molecular formula is C31H38ClN3O5S. The SMILES string of the molecule is COc1ccc(N(CC(=O)N(Cc2ccccc2C)C(C)C(=O)NCC(C)C)S(=O)(=O)c2ccc(C)cc2)cc1Cl. The number of carbonyl (C=O) groups excluding carboxylic acids is 2. The molecule has 3 rings (SSSR count). The maximum Gasteiger partial charge on any atom is 0.264 e. The number of hydrogen-bond donors (Lipinski definition) is 1. The monoisotopic (exact) mass is 599 g/mol. The molecule has 8 nitrogen and oxygen atoms in total. The lowest BCUT2D eigenvalue weighted by Crippen LogP contribution is -2.51. The van der Waals surface area contributed by atoms with Crippen LogP contribution in [0.25, 0.3) is 0 Å². The van der Waals surface area contributed by atoms with Gasteiger partial charge in [-0.1, -0.05) is 67.4 Å². The number of halogens is 1. The van der Waals surface area contributed by atoms with Crippen LogP contribution in [0, 0.1) is 19.8 Å². The van der Waals surface area contributed by atoms with Crippen molar-refractivity contribution in [1.29, 1.82) is 0 Å². The predicted molar refractivity (Wildman–Crippen MR) is 163 cm³/mol. The Balaban J connectivity index is 2.06. The summed E-state index contributed by atoms with van der Waals surface area (Å²) in [6, 6.07) is 17.6. The summed E-state index contributed by atoms with van der Waals surface area (Å²) in [5.41, 5.74) is 2.89. The van der Waals surface area contributed by atoms with Gasteiger partial charge in [0.25, 0.3) is 10.0 Å². The van der Waals surface area contributed by atoms with E-state index in [-0.39, 0.29) is 34.0 Å². The van der Waals surface area contributed by atoms with Crippen LogP contribution in [0.2, 0.25) is 5.02 Å². The summed E-state index contributed by atoms with van der Waals surface area (Å²) in [6.07, 6.45) is 0. The smallest absolute Gasteiger partial charge is 0.264 e. The van der Waals surface area contributed by atoms with Crippen LogP contribution in [0.4, 0.5) is 5.69 Å². The minimum Gasteiger partial charge on any atom is -0.495 e. The average Bonchev–Trinajstić information content (AvgIpc) is 2.93. The van der Waals surface area contributed by atoms with Gasteiger partial charge in [0.2, 0.25) is 11.8 Å². The zero-order chi connectivity index (χ0) is 30.3. The number of aryl methyl sites for hydroxylation is 2. The van der Waals surface area contributed by atoms with E-state index < -0.39 is 28.5 Å². The summed E-state index contributed by atoms with van der Waals surface area (Å²) < 4.78 is 34.2. The van der Waals surface area contributed by atoms with E-state index in [9.17, 15) is 18.0 Å². The number of nitrogens with zero attached hydrogens (tertiary/aromatic N) is 2. The highest BCUT2D eigenvalue weighted by Gasteiger charge is 2.33. The highest BCUT2D eigenvalue weighted by atomic mass is 35.5. The van der Waals surface area contributed by atoms with E-state index in [4.69, 9.17) is 16.3 Å². The molecule has 41 heavy (non-hydrogen) atoms. The molecule has 0 bridgehead atoms. The minimum atomic E-state index is -4.20. The molecular weight excluding hydrogens is 562 g/mol. The molecule has 0 aromatic heterocycles. The lowest BCUT2D eigenvalue weighted by molar-refractivity contribution is -0.139. The number of amides is 2. The highest BCUT2D eigenvalue weighted by molar-refractivity contribution is 7.92. The summed E-state index contributed by atoms with van der Waals surface area (Å²) in [7, 11) is -2.74. The van der Waals surface area contributed by atoms with E-state index in [0.29, 0.717) is 12.3 Å². The lowest BCUT2D eigenvalue weighted by atomic mass is 10.1. The van der Waals surface area contributed by atoms with Crippen molar-refractivity contribution in [3.05, 3.63) is 88.4 Å². The maximum absolute atomic E-state index is 14.0. The van der Waals surface area contributed by atoms with Crippen molar-refractivity contribution in [2.45, 2.75) is 52.1 Å². The van der Waals surface area contributed by atoms with Gasteiger partial charge in [-0.05, 0) is 68.1 Å². The van der Waals surface area contributed by atoms with Gasteiger partial charge in [0, 0.05) is 13.1 Å². The van der Waals surface area contributed by atoms with E-state index in [2.05, 4.69) is 5.32 Å². The fourth-order valence-electron chi connectivity index (χ4n) is 4.18. The fourth-order valence-corrected chi connectivity index (χ4v) is 5.84. The molecule has 0 saturated heterocycles. The summed E-state index contributed by atoms with van der Waals surface area (Å²) in [6.45, 7) is 9.42. The fraction of sp³-hybridized carbons (Fsp3) is 0.355. The Bertz CT molecular complexity index is 1480. The standard InChI is InChI=1S/C31H38ClN3O5S/c1-21(2)18-33-31(37)24(5)34(19-25-10-8-7-9-23(25)4)30(36)20-35(26-13-16-29(40-6)28(32)17-26)41(38,39)27-14-11-22(3)12-15-27/h7-17,21,24H,18-20H2,1-6H3,(H,33,37). The predicted octanol–water partition coefficient (Wildman–Crippen LogP) is 5.35. The van der Waals surface area contributed by atoms with Crippen LogP contribution in [0.3, 0.4) is 0 Å². The first-order valence-corrected chi connectivity index (χ1v) is 15.2. The number of rotatable bonds is 12. The van der Waals surface area contributed by atoms with Gasteiger partial charge in [0.15, 0.2) is 0 Å². The summed E-state index contributed by atoms with van der Waals surface area (Å²) in [5.74, 6) is -0.267. The van der Waals surface area contributed by atoms with Gasteiger partial charge in [-0.3, -0.25) is 13.9 Å². The maximum atomic E-state index is 14.0. The van der Waals surface area contributed by atoms with Crippen molar-refractivity contribution in [2.24, 2.45) is 5.92 Å². The number of ether oxygens (including phenoxy) is 1. The first-order chi connectivity index (χ1) is 19.3. The Morgan fingerprint density at radius 1 is 0.976 bits per heavy atom. The first-order valence-electron chi connectivity index (χ1n) is 13.4. The van der Waals surface area contributed by atoms with Crippen molar-refractivity contribution in [3.8, 4) is 5.75 Å². The number of methoxy groups -OCH3 is 1. The van der Waals surface area contributed by atoms with Crippen LogP contribution in [0.1, 0.15) is 37.5 Å². The zero-order valence-electron chi connectivity index (χ0n) is 24.3. The zero-order valence-corrected chi connectivity index (χ0v) is 25.9. The van der Waals surface area contributed by atoms with Gasteiger partial charge < -0.3 is 15.0 Å². The summed E-state index contributed by atoms with van der Waals surface area (Å²) >= 11 is 6.37. The lowest BCUT2D eigenvalue weighted by Gasteiger charge is -2.32. The Kier molecular flexibility index (Phi) is 10.8. The number of benzene rings is 3. The molecule has 1 unspecified atom stereocenters. The molecule has 1 N–H and O–H groups in total. The summed E-state index contributed by atoms with van der Waals surface area (Å²) in [4.78, 5) is 28.6. The molecule has 0 radical (unpaired) electrons. The van der Waals surface area contributed by atoms with Crippen LogP contribution in [0.5, 0.6) is 5.75 Å². The van der Waals surface area contributed by atoms with Gasteiger partial charge >= 0.3 is 0 Å². The van der Waals surface area contributed by atoms with Crippen molar-refractivity contribution >= 4 is 39.1 Å². The molecule has 2 amide bonds.